The summed E-state index contributed by atoms with van der Waals surface area (Å²) in [6.45, 7) is 0. The van der Waals surface area contributed by atoms with Crippen molar-refractivity contribution >= 4 is 56.5 Å². The third kappa shape index (κ3) is 5.28. The Morgan fingerprint density at radius 1 is 0.930 bits per heavy atom. The second-order valence-electron chi connectivity index (χ2n) is 9.61. The van der Waals surface area contributed by atoms with Gasteiger partial charge in [0.1, 0.15) is 11.5 Å². The fourth-order valence-corrected chi connectivity index (χ4v) is 6.93. The molecule has 0 bridgehead atoms. The second-order valence-corrected chi connectivity index (χ2v) is 11.8. The maximum atomic E-state index is 13.5. The molecule has 11 heteroatoms. The quantitative estimate of drug-likeness (QED) is 0.0681. The van der Waals surface area contributed by atoms with Crippen molar-refractivity contribution in [3.8, 4) is 17.2 Å². The van der Waals surface area contributed by atoms with Crippen LogP contribution in [0, 0.1) is 0 Å². The van der Waals surface area contributed by atoms with Gasteiger partial charge in [0.2, 0.25) is 5.13 Å². The van der Waals surface area contributed by atoms with Crippen LogP contribution in [0.25, 0.3) is 16.5 Å². The first-order chi connectivity index (χ1) is 20.9. The molecule has 0 radical (unpaired) electrons. The first kappa shape index (κ1) is 28.3. The van der Waals surface area contributed by atoms with Crippen LogP contribution >= 0.6 is 23.1 Å². The third-order valence-corrected chi connectivity index (χ3v) is 9.25. The molecule has 9 nitrogen and oxygen atoms in total. The number of methoxy groups -OCH3 is 2. The molecule has 1 saturated heterocycles. The molecule has 1 atom stereocenters. The molecule has 1 amide bonds. The summed E-state index contributed by atoms with van der Waals surface area (Å²) < 4.78 is 11.3. The highest BCUT2D eigenvalue weighted by Gasteiger charge is 2.48. The number of aromatic hydroxyl groups is 1. The Bertz CT molecular complexity index is 1880. The maximum Gasteiger partial charge on any atom is 0.301 e. The van der Waals surface area contributed by atoms with Crippen molar-refractivity contribution in [1.82, 2.24) is 10.2 Å². The van der Waals surface area contributed by atoms with E-state index in [1.807, 2.05) is 18.2 Å². The molecular formula is C32H25N3O6S2. The number of fused-ring (bicyclic) bond motifs is 1. The molecular weight excluding hydrogens is 587 g/mol. The summed E-state index contributed by atoms with van der Waals surface area (Å²) in [5.41, 5.74) is 1.78. The Morgan fingerprint density at radius 3 is 2.44 bits per heavy atom. The van der Waals surface area contributed by atoms with Gasteiger partial charge in [0.25, 0.3) is 5.78 Å². The van der Waals surface area contributed by atoms with Gasteiger partial charge in [-0.2, -0.15) is 0 Å². The number of carbonyl (C=O) groups is 2. The van der Waals surface area contributed by atoms with E-state index in [2.05, 4.69) is 34.5 Å². The third-order valence-electron chi connectivity index (χ3n) is 7.14. The molecule has 0 unspecified atom stereocenters. The van der Waals surface area contributed by atoms with Crippen LogP contribution < -0.4 is 14.4 Å². The van der Waals surface area contributed by atoms with Gasteiger partial charge >= 0.3 is 5.91 Å². The number of benzene rings is 4. The number of carbonyl (C=O) groups excluding carboxylic acids is 2. The number of rotatable bonds is 8. The lowest BCUT2D eigenvalue weighted by atomic mass is 9.95. The highest BCUT2D eigenvalue weighted by Crippen LogP contribution is 2.45. The van der Waals surface area contributed by atoms with E-state index in [0.29, 0.717) is 27.2 Å². The summed E-state index contributed by atoms with van der Waals surface area (Å²) in [7, 11) is 2.95. The van der Waals surface area contributed by atoms with Crippen molar-refractivity contribution in [2.45, 2.75) is 16.1 Å². The van der Waals surface area contributed by atoms with Gasteiger partial charge in [-0.05, 0) is 52.2 Å². The first-order valence-electron chi connectivity index (χ1n) is 13.1. The van der Waals surface area contributed by atoms with Crippen molar-refractivity contribution in [3.05, 3.63) is 107 Å². The van der Waals surface area contributed by atoms with Crippen molar-refractivity contribution in [1.29, 1.82) is 0 Å². The zero-order chi connectivity index (χ0) is 30.1. The molecule has 6 rings (SSSR count). The van der Waals surface area contributed by atoms with E-state index in [9.17, 15) is 19.8 Å². The van der Waals surface area contributed by atoms with Crippen molar-refractivity contribution in [2.75, 3.05) is 19.1 Å². The zero-order valence-electron chi connectivity index (χ0n) is 23.1. The van der Waals surface area contributed by atoms with E-state index in [1.54, 1.807) is 24.3 Å². The van der Waals surface area contributed by atoms with E-state index in [1.165, 1.54) is 60.4 Å². The molecule has 5 aromatic rings. The summed E-state index contributed by atoms with van der Waals surface area (Å²) >= 11 is 2.67. The molecule has 1 aromatic heterocycles. The minimum Gasteiger partial charge on any atom is -0.508 e. The van der Waals surface area contributed by atoms with E-state index in [0.717, 1.165) is 16.3 Å². The van der Waals surface area contributed by atoms with Crippen LogP contribution in [0.4, 0.5) is 5.13 Å². The van der Waals surface area contributed by atoms with Gasteiger partial charge < -0.3 is 19.7 Å². The molecule has 0 saturated carbocycles. The minimum absolute atomic E-state index is 0.0172. The van der Waals surface area contributed by atoms with Crippen LogP contribution in [0.5, 0.6) is 17.2 Å². The largest absolute Gasteiger partial charge is 0.508 e. The van der Waals surface area contributed by atoms with Crippen LogP contribution in [0.3, 0.4) is 0 Å². The topological polar surface area (TPSA) is 122 Å². The number of nitrogens with zero attached hydrogens (tertiary/aromatic N) is 3. The number of aliphatic hydroxyl groups excluding tert-OH is 1. The Morgan fingerprint density at radius 2 is 1.67 bits per heavy atom. The molecule has 0 spiro atoms. The second kappa shape index (κ2) is 11.8. The number of aliphatic hydroxyl groups is 1. The molecule has 1 aliphatic heterocycles. The van der Waals surface area contributed by atoms with Crippen LogP contribution in [0.1, 0.15) is 22.7 Å². The predicted octanol–water partition coefficient (Wildman–Crippen LogP) is 6.33. The average Bonchev–Trinajstić information content (AvgIpc) is 3.61. The van der Waals surface area contributed by atoms with Crippen LogP contribution in [-0.4, -0.2) is 46.3 Å². The maximum absolute atomic E-state index is 13.5. The lowest BCUT2D eigenvalue weighted by Crippen LogP contribution is -2.29. The molecule has 2 heterocycles. The van der Waals surface area contributed by atoms with E-state index < -0.39 is 17.7 Å². The predicted molar refractivity (Wildman–Crippen MR) is 166 cm³/mol. The number of phenolic OH excluding ortho intramolecular Hbond substituents is 1. The number of thioether (sulfide) groups is 1. The normalized spacial score (nSPS) is 16.1. The number of hydrogen-bond donors (Lipinski definition) is 2. The summed E-state index contributed by atoms with van der Waals surface area (Å²) in [6.07, 6.45) is 0. The molecule has 2 N–H and O–H groups in total. The highest BCUT2D eigenvalue weighted by atomic mass is 32.2. The molecule has 1 aliphatic rings. The molecule has 1 fully saturated rings. The van der Waals surface area contributed by atoms with Gasteiger partial charge in [0.05, 0.1) is 25.8 Å². The Labute approximate surface area is 255 Å². The van der Waals surface area contributed by atoms with E-state index in [-0.39, 0.29) is 27.8 Å². The van der Waals surface area contributed by atoms with Crippen molar-refractivity contribution in [3.63, 3.8) is 0 Å². The summed E-state index contributed by atoms with van der Waals surface area (Å²) in [6, 6.07) is 24.1. The number of ketones is 1. The molecule has 0 aliphatic carbocycles. The van der Waals surface area contributed by atoms with Gasteiger partial charge in [-0.1, -0.05) is 77.7 Å². The number of Topliss-reactive ketones (excluding diaryl/α,β-unsaturated/α-hetero) is 1. The smallest absolute Gasteiger partial charge is 0.301 e. The lowest BCUT2D eigenvalue weighted by molar-refractivity contribution is -0.132. The van der Waals surface area contributed by atoms with Gasteiger partial charge in [0, 0.05) is 11.3 Å². The molecule has 4 aromatic carbocycles. The number of phenols is 1. The Balaban J connectivity index is 1.38. The van der Waals surface area contributed by atoms with Gasteiger partial charge in [-0.25, -0.2) is 0 Å². The van der Waals surface area contributed by atoms with Crippen molar-refractivity contribution in [2.24, 2.45) is 0 Å². The molecule has 216 valence electrons. The summed E-state index contributed by atoms with van der Waals surface area (Å²) in [5.74, 6) is -0.656. The minimum atomic E-state index is -1.02. The van der Waals surface area contributed by atoms with E-state index >= 15 is 0 Å². The number of amides is 1. The first-order valence-corrected chi connectivity index (χ1v) is 14.9. The Hall–Kier alpha value is -4.87. The highest BCUT2D eigenvalue weighted by molar-refractivity contribution is 8.00. The zero-order valence-corrected chi connectivity index (χ0v) is 24.7. The van der Waals surface area contributed by atoms with Crippen LogP contribution in [0.2, 0.25) is 0 Å². The number of hydrogen-bond acceptors (Lipinski definition) is 10. The standard InChI is InChI=1S/C32H25N3O6S2/c1-40-24-15-12-20(16-25(24)41-2)28(37)26-27(19-10-13-22(36)14-11-19)35(30(39)29(26)38)31-33-34-32(43-31)42-17-21-8-5-7-18-6-3-4-9-23(18)21/h3-16,27,36-37H,17H2,1-2H3/t27-/m1/s1. The van der Waals surface area contributed by atoms with Crippen molar-refractivity contribution < 1.29 is 29.3 Å². The number of anilines is 1. The van der Waals surface area contributed by atoms with E-state index in [4.69, 9.17) is 9.47 Å². The van der Waals surface area contributed by atoms with Gasteiger partial charge in [-0.15, -0.1) is 10.2 Å². The van der Waals surface area contributed by atoms with Gasteiger partial charge in [0.15, 0.2) is 15.8 Å². The SMILES string of the molecule is COc1ccc(C(O)=C2C(=O)C(=O)N(c3nnc(SCc4cccc5ccccc45)s3)[C@@H]2c2ccc(O)cc2)cc1OC. The Kier molecular flexibility index (Phi) is 7.75. The lowest BCUT2D eigenvalue weighted by Gasteiger charge is -2.22. The number of aromatic nitrogens is 2. The summed E-state index contributed by atoms with van der Waals surface area (Å²) in [5, 5.41) is 32.4. The average molecular weight is 612 g/mol. The summed E-state index contributed by atoms with van der Waals surface area (Å²) in [4.78, 5) is 28.3. The van der Waals surface area contributed by atoms with Gasteiger partial charge in [-0.3, -0.25) is 14.5 Å². The van der Waals surface area contributed by atoms with Crippen LogP contribution in [0.15, 0.2) is 94.8 Å². The monoisotopic (exact) mass is 611 g/mol. The molecule has 43 heavy (non-hydrogen) atoms. The fourth-order valence-electron chi connectivity index (χ4n) is 5.06. The number of ether oxygens (including phenoxy) is 2. The van der Waals surface area contributed by atoms with Crippen LogP contribution in [-0.2, 0) is 15.3 Å². The fraction of sp³-hybridized carbons (Fsp3) is 0.125.